The number of rotatable bonds is 4. The van der Waals surface area contributed by atoms with Crippen molar-refractivity contribution in [1.82, 2.24) is 0 Å². The first kappa shape index (κ1) is 13.6. The van der Waals surface area contributed by atoms with Gasteiger partial charge in [0.05, 0.1) is 24.0 Å². The van der Waals surface area contributed by atoms with Gasteiger partial charge in [0.25, 0.3) is 0 Å². The average Bonchev–Trinajstić information content (AvgIpc) is 2.53. The predicted octanol–water partition coefficient (Wildman–Crippen LogP) is 2.19. The Morgan fingerprint density at radius 1 is 1.10 bits per heavy atom. The van der Waals surface area contributed by atoms with Crippen LogP contribution < -0.4 is 20.5 Å². The van der Waals surface area contributed by atoms with Crippen LogP contribution in [0.15, 0.2) is 42.5 Å². The molecule has 0 saturated heterocycles. The van der Waals surface area contributed by atoms with Crippen molar-refractivity contribution >= 4 is 11.4 Å². The van der Waals surface area contributed by atoms with Gasteiger partial charge in [0.1, 0.15) is 13.2 Å². The normalized spacial score (nSPS) is 14.5. The first-order valence-electron chi connectivity index (χ1n) is 6.89. The fraction of sp³-hybridized carbons (Fsp3) is 0.250. The lowest BCUT2D eigenvalue weighted by Crippen LogP contribution is -2.18. The molecule has 1 atom stereocenters. The van der Waals surface area contributed by atoms with Gasteiger partial charge in [0, 0.05) is 12.1 Å². The zero-order valence-corrected chi connectivity index (χ0v) is 11.6. The maximum Gasteiger partial charge on any atom is 0.163 e. The Bertz CT molecular complexity index is 616. The molecule has 1 heterocycles. The fourth-order valence-corrected chi connectivity index (χ4v) is 2.34. The van der Waals surface area contributed by atoms with E-state index in [1.165, 1.54) is 0 Å². The van der Waals surface area contributed by atoms with Crippen LogP contribution in [0.2, 0.25) is 0 Å². The quantitative estimate of drug-likeness (QED) is 0.751. The zero-order chi connectivity index (χ0) is 14.7. The molecule has 5 nitrogen and oxygen atoms in total. The molecule has 0 amide bonds. The second-order valence-electron chi connectivity index (χ2n) is 4.87. The largest absolute Gasteiger partial charge is 0.486 e. The standard InChI is InChI=1S/C16H18N2O3/c17-12-8-15-16(21-7-6-20-15)9-13(12)18-14(10-19)11-4-2-1-3-5-11/h1-5,8-9,14,18-19H,6-7,10,17H2. The van der Waals surface area contributed by atoms with Crippen molar-refractivity contribution in [2.45, 2.75) is 6.04 Å². The first-order valence-corrected chi connectivity index (χ1v) is 6.89. The second kappa shape index (κ2) is 5.93. The maximum atomic E-state index is 9.61. The number of hydrogen-bond donors (Lipinski definition) is 3. The van der Waals surface area contributed by atoms with Gasteiger partial charge in [-0.3, -0.25) is 0 Å². The van der Waals surface area contributed by atoms with Crippen molar-refractivity contribution < 1.29 is 14.6 Å². The highest BCUT2D eigenvalue weighted by molar-refractivity contribution is 5.72. The molecule has 2 aromatic rings. The highest BCUT2D eigenvalue weighted by atomic mass is 16.6. The summed E-state index contributed by atoms with van der Waals surface area (Å²) in [4.78, 5) is 0. The molecular formula is C16H18N2O3. The van der Waals surface area contributed by atoms with Gasteiger partial charge in [-0.1, -0.05) is 30.3 Å². The topological polar surface area (TPSA) is 76.7 Å². The van der Waals surface area contributed by atoms with E-state index in [-0.39, 0.29) is 12.6 Å². The highest BCUT2D eigenvalue weighted by Crippen LogP contribution is 2.38. The van der Waals surface area contributed by atoms with Crippen LogP contribution in [0.1, 0.15) is 11.6 Å². The summed E-state index contributed by atoms with van der Waals surface area (Å²) < 4.78 is 11.1. The molecule has 1 aliphatic rings. The van der Waals surface area contributed by atoms with Gasteiger partial charge < -0.3 is 25.6 Å². The smallest absolute Gasteiger partial charge is 0.163 e. The summed E-state index contributed by atoms with van der Waals surface area (Å²) >= 11 is 0. The molecule has 0 aromatic heterocycles. The Labute approximate surface area is 123 Å². The van der Waals surface area contributed by atoms with E-state index in [1.54, 1.807) is 6.07 Å². The molecule has 4 N–H and O–H groups in total. The van der Waals surface area contributed by atoms with E-state index in [9.17, 15) is 5.11 Å². The molecule has 5 heteroatoms. The summed E-state index contributed by atoms with van der Waals surface area (Å²) in [5, 5.41) is 12.9. The minimum atomic E-state index is -0.226. The Balaban J connectivity index is 1.86. The van der Waals surface area contributed by atoms with Gasteiger partial charge >= 0.3 is 0 Å². The lowest BCUT2D eigenvalue weighted by Gasteiger charge is -2.23. The van der Waals surface area contributed by atoms with Crippen molar-refractivity contribution in [3.8, 4) is 11.5 Å². The van der Waals surface area contributed by atoms with Gasteiger partial charge in [-0.15, -0.1) is 0 Å². The molecule has 0 saturated carbocycles. The Kier molecular flexibility index (Phi) is 3.83. The number of anilines is 2. The van der Waals surface area contributed by atoms with Crippen molar-refractivity contribution in [2.75, 3.05) is 30.9 Å². The van der Waals surface area contributed by atoms with Gasteiger partial charge in [-0.25, -0.2) is 0 Å². The second-order valence-corrected chi connectivity index (χ2v) is 4.87. The molecule has 0 spiro atoms. The zero-order valence-electron chi connectivity index (χ0n) is 11.6. The molecule has 0 bridgehead atoms. The Morgan fingerprint density at radius 2 is 1.76 bits per heavy atom. The highest BCUT2D eigenvalue weighted by Gasteiger charge is 2.17. The first-order chi connectivity index (χ1) is 10.3. The van der Waals surface area contributed by atoms with Crippen LogP contribution in [0, 0.1) is 0 Å². The third kappa shape index (κ3) is 2.87. The minimum Gasteiger partial charge on any atom is -0.486 e. The van der Waals surface area contributed by atoms with Crippen molar-refractivity contribution in [3.05, 3.63) is 48.0 Å². The number of aliphatic hydroxyl groups excluding tert-OH is 1. The number of nitrogens with two attached hydrogens (primary N) is 1. The lowest BCUT2D eigenvalue weighted by molar-refractivity contribution is 0.172. The molecule has 110 valence electrons. The number of nitrogens with one attached hydrogen (secondary N) is 1. The number of nitrogen functional groups attached to an aromatic ring is 1. The van der Waals surface area contributed by atoms with Crippen molar-refractivity contribution in [1.29, 1.82) is 0 Å². The Morgan fingerprint density at radius 3 is 2.43 bits per heavy atom. The predicted molar refractivity (Wildman–Crippen MR) is 81.7 cm³/mol. The van der Waals surface area contributed by atoms with E-state index in [4.69, 9.17) is 15.2 Å². The third-order valence-electron chi connectivity index (χ3n) is 3.43. The van der Waals surface area contributed by atoms with E-state index in [0.29, 0.717) is 30.4 Å². The summed E-state index contributed by atoms with van der Waals surface area (Å²) in [5.41, 5.74) is 8.33. The summed E-state index contributed by atoms with van der Waals surface area (Å²) in [5.74, 6) is 1.33. The van der Waals surface area contributed by atoms with Crippen LogP contribution in [-0.2, 0) is 0 Å². The Hall–Kier alpha value is -2.40. The minimum absolute atomic E-state index is 0.0299. The van der Waals surface area contributed by atoms with Gasteiger partial charge in [0.2, 0.25) is 0 Å². The van der Waals surface area contributed by atoms with Crippen LogP contribution in [0.5, 0.6) is 11.5 Å². The number of hydrogen-bond acceptors (Lipinski definition) is 5. The number of ether oxygens (including phenoxy) is 2. The molecular weight excluding hydrogens is 268 g/mol. The average molecular weight is 286 g/mol. The van der Waals surface area contributed by atoms with E-state index in [0.717, 1.165) is 11.3 Å². The maximum absolute atomic E-state index is 9.61. The molecule has 0 radical (unpaired) electrons. The number of benzene rings is 2. The summed E-state index contributed by atoms with van der Waals surface area (Å²) in [6.45, 7) is 1.03. The molecule has 1 unspecified atom stereocenters. The van der Waals surface area contributed by atoms with Crippen LogP contribution in [0.25, 0.3) is 0 Å². The van der Waals surface area contributed by atoms with Crippen LogP contribution in [-0.4, -0.2) is 24.9 Å². The molecule has 0 fully saturated rings. The number of fused-ring (bicyclic) bond motifs is 1. The summed E-state index contributed by atoms with van der Waals surface area (Å²) in [6.07, 6.45) is 0. The SMILES string of the molecule is Nc1cc2c(cc1NC(CO)c1ccccc1)OCCO2. The van der Waals surface area contributed by atoms with E-state index < -0.39 is 0 Å². The van der Waals surface area contributed by atoms with Crippen LogP contribution in [0.3, 0.4) is 0 Å². The van der Waals surface area contributed by atoms with Gasteiger partial charge in [-0.2, -0.15) is 0 Å². The van der Waals surface area contributed by atoms with E-state index in [2.05, 4.69) is 5.32 Å². The van der Waals surface area contributed by atoms with Crippen LogP contribution in [0.4, 0.5) is 11.4 Å². The molecule has 2 aromatic carbocycles. The lowest BCUT2D eigenvalue weighted by atomic mass is 10.1. The van der Waals surface area contributed by atoms with E-state index >= 15 is 0 Å². The van der Waals surface area contributed by atoms with E-state index in [1.807, 2.05) is 36.4 Å². The van der Waals surface area contributed by atoms with Gasteiger partial charge in [0.15, 0.2) is 11.5 Å². The summed E-state index contributed by atoms with van der Waals surface area (Å²) in [7, 11) is 0. The molecule has 0 aliphatic carbocycles. The summed E-state index contributed by atoms with van der Waals surface area (Å²) in [6, 6.07) is 13.1. The number of aliphatic hydroxyl groups is 1. The third-order valence-corrected chi connectivity index (χ3v) is 3.43. The monoisotopic (exact) mass is 286 g/mol. The van der Waals surface area contributed by atoms with Gasteiger partial charge in [-0.05, 0) is 5.56 Å². The molecule has 1 aliphatic heterocycles. The van der Waals surface area contributed by atoms with Crippen LogP contribution >= 0.6 is 0 Å². The van der Waals surface area contributed by atoms with Crippen molar-refractivity contribution in [2.24, 2.45) is 0 Å². The van der Waals surface area contributed by atoms with Crippen molar-refractivity contribution in [3.63, 3.8) is 0 Å². The molecule has 21 heavy (non-hydrogen) atoms. The fourth-order valence-electron chi connectivity index (χ4n) is 2.34. The molecule has 3 rings (SSSR count).